The van der Waals surface area contributed by atoms with Gasteiger partial charge >= 0.3 is 5.97 Å². The molecule has 0 saturated heterocycles. The average molecular weight is 403 g/mol. The summed E-state index contributed by atoms with van der Waals surface area (Å²) in [4.78, 5) is 12.6. The number of carbonyl (C=O) groups is 1. The lowest BCUT2D eigenvalue weighted by Crippen LogP contribution is -2.22. The minimum atomic E-state index is -0.735. The van der Waals surface area contributed by atoms with Crippen molar-refractivity contribution in [1.29, 1.82) is 5.41 Å². The van der Waals surface area contributed by atoms with Gasteiger partial charge in [-0.25, -0.2) is 4.79 Å². The molecular formula is C24H25N3O3. The monoisotopic (exact) mass is 403 g/mol. The largest absolute Gasteiger partial charge is 0.494 e. The molecule has 6 nitrogen and oxygen atoms in total. The number of hydrogen-bond donors (Lipinski definition) is 3. The van der Waals surface area contributed by atoms with Crippen LogP contribution in [0.2, 0.25) is 0 Å². The number of benzene rings is 3. The van der Waals surface area contributed by atoms with Gasteiger partial charge in [0.15, 0.2) is 6.04 Å². The van der Waals surface area contributed by atoms with Gasteiger partial charge in [-0.05, 0) is 66.1 Å². The van der Waals surface area contributed by atoms with Gasteiger partial charge in [-0.1, -0.05) is 30.3 Å². The number of nitrogens with one attached hydrogen (secondary N) is 2. The van der Waals surface area contributed by atoms with Crippen LogP contribution in [0.4, 0.5) is 5.69 Å². The lowest BCUT2D eigenvalue weighted by atomic mass is 9.98. The first-order valence-electron chi connectivity index (χ1n) is 9.64. The first kappa shape index (κ1) is 20.9. The number of methoxy groups -OCH3 is 1. The SMILES string of the molecule is CCOc1cc(-c2ccccc2)cc(C(Nc2ccc(C(=N)N)cc2)C(=O)OC)c1. The quantitative estimate of drug-likeness (QED) is 0.295. The highest BCUT2D eigenvalue weighted by Gasteiger charge is 2.23. The molecule has 0 bridgehead atoms. The Morgan fingerprint density at radius 3 is 2.33 bits per heavy atom. The van der Waals surface area contributed by atoms with Gasteiger partial charge in [0, 0.05) is 11.3 Å². The summed E-state index contributed by atoms with van der Waals surface area (Å²) in [6.07, 6.45) is 0. The van der Waals surface area contributed by atoms with E-state index in [1.54, 1.807) is 24.3 Å². The second-order valence-electron chi connectivity index (χ2n) is 6.68. The lowest BCUT2D eigenvalue weighted by molar-refractivity contribution is -0.141. The van der Waals surface area contributed by atoms with Gasteiger partial charge in [0.2, 0.25) is 0 Å². The Hall–Kier alpha value is -3.80. The number of ether oxygens (including phenoxy) is 2. The molecule has 3 aromatic carbocycles. The van der Waals surface area contributed by atoms with Crippen molar-refractivity contribution in [2.45, 2.75) is 13.0 Å². The minimum Gasteiger partial charge on any atom is -0.494 e. The average Bonchev–Trinajstić information content (AvgIpc) is 2.78. The standard InChI is InChI=1S/C24H25N3O3/c1-3-30-21-14-18(16-7-5-4-6-8-16)13-19(15-21)22(24(28)29-2)27-20-11-9-17(10-12-20)23(25)26/h4-15,22,27H,3H2,1-2H3,(H3,25,26). The van der Waals surface area contributed by atoms with Crippen LogP contribution < -0.4 is 15.8 Å². The molecular weight excluding hydrogens is 378 g/mol. The Kier molecular flexibility index (Phi) is 6.70. The fraction of sp³-hybridized carbons (Fsp3) is 0.167. The van der Waals surface area contributed by atoms with Gasteiger partial charge < -0.3 is 20.5 Å². The summed E-state index contributed by atoms with van der Waals surface area (Å²) in [7, 11) is 1.36. The number of carbonyl (C=O) groups excluding carboxylic acids is 1. The van der Waals surface area contributed by atoms with Crippen molar-refractivity contribution in [2.75, 3.05) is 19.0 Å². The lowest BCUT2D eigenvalue weighted by Gasteiger charge is -2.20. The summed E-state index contributed by atoms with van der Waals surface area (Å²) >= 11 is 0. The van der Waals surface area contributed by atoms with Crippen molar-refractivity contribution in [3.05, 3.63) is 83.9 Å². The molecule has 6 heteroatoms. The molecule has 3 rings (SSSR count). The highest BCUT2D eigenvalue weighted by Crippen LogP contribution is 2.31. The van der Waals surface area contributed by atoms with E-state index in [0.717, 1.165) is 16.7 Å². The van der Waals surface area contributed by atoms with Crippen LogP contribution >= 0.6 is 0 Å². The second kappa shape index (κ2) is 9.60. The highest BCUT2D eigenvalue weighted by atomic mass is 16.5. The number of anilines is 1. The van der Waals surface area contributed by atoms with Crippen molar-refractivity contribution in [1.82, 2.24) is 0 Å². The molecule has 0 spiro atoms. The Morgan fingerprint density at radius 2 is 1.73 bits per heavy atom. The maximum absolute atomic E-state index is 12.6. The van der Waals surface area contributed by atoms with Crippen LogP contribution in [-0.4, -0.2) is 25.5 Å². The van der Waals surface area contributed by atoms with Crippen LogP contribution in [0.1, 0.15) is 24.1 Å². The number of nitrogen functional groups attached to an aromatic ring is 1. The summed E-state index contributed by atoms with van der Waals surface area (Å²) in [5.41, 5.74) is 9.53. The van der Waals surface area contributed by atoms with Crippen molar-refractivity contribution < 1.29 is 14.3 Å². The molecule has 4 N–H and O–H groups in total. The Labute approximate surface area is 176 Å². The Balaban J connectivity index is 2.01. The zero-order chi connectivity index (χ0) is 21.5. The zero-order valence-corrected chi connectivity index (χ0v) is 17.0. The van der Waals surface area contributed by atoms with Gasteiger partial charge in [-0.15, -0.1) is 0 Å². The third-order valence-corrected chi connectivity index (χ3v) is 4.62. The van der Waals surface area contributed by atoms with E-state index in [1.165, 1.54) is 7.11 Å². The van der Waals surface area contributed by atoms with Crippen LogP contribution in [0.25, 0.3) is 11.1 Å². The maximum atomic E-state index is 12.6. The van der Waals surface area contributed by atoms with E-state index in [2.05, 4.69) is 5.32 Å². The molecule has 154 valence electrons. The van der Waals surface area contributed by atoms with Crippen LogP contribution in [0.5, 0.6) is 5.75 Å². The summed E-state index contributed by atoms with van der Waals surface area (Å²) in [6, 6.07) is 21.9. The first-order chi connectivity index (χ1) is 14.5. The van der Waals surface area contributed by atoms with E-state index >= 15 is 0 Å². The summed E-state index contributed by atoms with van der Waals surface area (Å²) in [5.74, 6) is 0.248. The summed E-state index contributed by atoms with van der Waals surface area (Å²) < 4.78 is 10.8. The van der Waals surface area contributed by atoms with E-state index in [0.29, 0.717) is 23.6 Å². The molecule has 1 unspecified atom stereocenters. The number of esters is 1. The van der Waals surface area contributed by atoms with Gasteiger partial charge in [-0.3, -0.25) is 5.41 Å². The molecule has 3 aromatic rings. The highest BCUT2D eigenvalue weighted by molar-refractivity contribution is 5.95. The van der Waals surface area contributed by atoms with Crippen molar-refractivity contribution in [3.63, 3.8) is 0 Å². The van der Waals surface area contributed by atoms with Crippen LogP contribution in [0.3, 0.4) is 0 Å². The minimum absolute atomic E-state index is 0.0111. The number of nitrogens with two attached hydrogens (primary N) is 1. The third kappa shape index (κ3) is 4.97. The van der Waals surface area contributed by atoms with Gasteiger partial charge in [0.05, 0.1) is 13.7 Å². The molecule has 0 heterocycles. The maximum Gasteiger partial charge on any atom is 0.332 e. The molecule has 0 aliphatic heterocycles. The molecule has 0 radical (unpaired) electrons. The van der Waals surface area contributed by atoms with Crippen LogP contribution in [0.15, 0.2) is 72.8 Å². The normalized spacial score (nSPS) is 11.4. The van der Waals surface area contributed by atoms with E-state index in [4.69, 9.17) is 20.6 Å². The fourth-order valence-corrected chi connectivity index (χ4v) is 3.14. The first-order valence-corrected chi connectivity index (χ1v) is 9.64. The molecule has 0 aliphatic rings. The van der Waals surface area contributed by atoms with E-state index in [-0.39, 0.29) is 5.84 Å². The number of rotatable bonds is 8. The van der Waals surface area contributed by atoms with Crippen molar-refractivity contribution >= 4 is 17.5 Å². The molecule has 0 aromatic heterocycles. The van der Waals surface area contributed by atoms with Crippen molar-refractivity contribution in [2.24, 2.45) is 5.73 Å². The topological polar surface area (TPSA) is 97.4 Å². The number of hydrogen-bond acceptors (Lipinski definition) is 5. The molecule has 0 amide bonds. The summed E-state index contributed by atoms with van der Waals surface area (Å²) in [6.45, 7) is 2.43. The van der Waals surface area contributed by atoms with Crippen LogP contribution in [-0.2, 0) is 9.53 Å². The fourth-order valence-electron chi connectivity index (χ4n) is 3.14. The van der Waals surface area contributed by atoms with Gasteiger partial charge in [-0.2, -0.15) is 0 Å². The molecule has 0 fully saturated rings. The van der Waals surface area contributed by atoms with E-state index < -0.39 is 12.0 Å². The number of amidine groups is 1. The van der Waals surface area contributed by atoms with Crippen LogP contribution in [0, 0.1) is 5.41 Å². The van der Waals surface area contributed by atoms with Gasteiger partial charge in [0.1, 0.15) is 11.6 Å². The van der Waals surface area contributed by atoms with E-state index in [1.807, 2.05) is 55.5 Å². The zero-order valence-electron chi connectivity index (χ0n) is 17.0. The van der Waals surface area contributed by atoms with Gasteiger partial charge in [0.25, 0.3) is 0 Å². The molecule has 1 atom stereocenters. The Bertz CT molecular complexity index is 1020. The summed E-state index contributed by atoms with van der Waals surface area (Å²) in [5, 5.41) is 10.7. The predicted octanol–water partition coefficient (Wildman–Crippen LogP) is 4.36. The smallest absolute Gasteiger partial charge is 0.332 e. The Morgan fingerprint density at radius 1 is 1.03 bits per heavy atom. The third-order valence-electron chi connectivity index (χ3n) is 4.62. The molecule has 30 heavy (non-hydrogen) atoms. The molecule has 0 saturated carbocycles. The predicted molar refractivity (Wildman–Crippen MR) is 119 cm³/mol. The van der Waals surface area contributed by atoms with E-state index in [9.17, 15) is 4.79 Å². The van der Waals surface area contributed by atoms with Crippen molar-refractivity contribution in [3.8, 4) is 16.9 Å². The molecule has 0 aliphatic carbocycles. The second-order valence-corrected chi connectivity index (χ2v) is 6.68.